The summed E-state index contributed by atoms with van der Waals surface area (Å²) < 4.78 is 23.8. The molecule has 0 fully saturated rings. The third-order valence-electron chi connectivity index (χ3n) is 2.45. The molecule has 0 aromatic carbocycles. The van der Waals surface area contributed by atoms with Crippen molar-refractivity contribution in [1.82, 2.24) is 14.8 Å². The molecule has 0 amide bonds. The number of nitrogens with zero attached hydrogens (tertiary/aromatic N) is 3. The predicted octanol–water partition coefficient (Wildman–Crippen LogP) is 0.202. The van der Waals surface area contributed by atoms with E-state index in [1.54, 1.807) is 11.7 Å². The van der Waals surface area contributed by atoms with Gasteiger partial charge in [-0.1, -0.05) is 6.92 Å². The average Bonchev–Trinajstić information content (AvgIpc) is 2.55. The van der Waals surface area contributed by atoms with Gasteiger partial charge in [0, 0.05) is 19.7 Å². The van der Waals surface area contributed by atoms with Crippen LogP contribution in [-0.4, -0.2) is 35.2 Å². The van der Waals surface area contributed by atoms with E-state index in [0.717, 1.165) is 18.7 Å². The molecule has 1 aromatic rings. The van der Waals surface area contributed by atoms with Crippen molar-refractivity contribution in [3.63, 3.8) is 0 Å². The van der Waals surface area contributed by atoms with E-state index in [2.05, 4.69) is 17.0 Å². The zero-order valence-electron chi connectivity index (χ0n) is 10.5. The van der Waals surface area contributed by atoms with Gasteiger partial charge in [0.1, 0.15) is 15.7 Å². The lowest BCUT2D eigenvalue weighted by molar-refractivity contribution is 0.569. The van der Waals surface area contributed by atoms with E-state index >= 15 is 0 Å². The molecule has 1 unspecified atom stereocenters. The molecule has 17 heavy (non-hydrogen) atoms. The molecule has 0 aliphatic heterocycles. The third kappa shape index (κ3) is 4.43. The fourth-order valence-corrected chi connectivity index (χ4v) is 2.26. The molecular weight excluding hydrogens is 240 g/mol. The third-order valence-corrected chi connectivity index (χ3v) is 3.42. The van der Waals surface area contributed by atoms with Crippen molar-refractivity contribution in [2.24, 2.45) is 12.8 Å². The summed E-state index contributed by atoms with van der Waals surface area (Å²) in [6.07, 6.45) is 3.37. The molecule has 1 atom stereocenters. The molecule has 2 N–H and O–H groups in total. The second kappa shape index (κ2) is 5.59. The van der Waals surface area contributed by atoms with Crippen molar-refractivity contribution in [3.8, 4) is 0 Å². The van der Waals surface area contributed by atoms with Gasteiger partial charge < -0.3 is 5.73 Å². The minimum atomic E-state index is -2.98. The standard InChI is InChI=1S/C10H20N4O2S/c1-4-5-9-12-10(14(2)13-9)8(11)6-7-17(3,15)16/h8H,4-7,11H2,1-3H3. The SMILES string of the molecule is CCCc1nc(C(N)CCS(C)(=O)=O)n(C)n1. The lowest BCUT2D eigenvalue weighted by Crippen LogP contribution is -2.19. The summed E-state index contributed by atoms with van der Waals surface area (Å²) in [5.74, 6) is 1.49. The monoisotopic (exact) mass is 260 g/mol. The van der Waals surface area contributed by atoms with Gasteiger partial charge >= 0.3 is 0 Å². The van der Waals surface area contributed by atoms with Crippen LogP contribution >= 0.6 is 0 Å². The van der Waals surface area contributed by atoms with Crippen LogP contribution in [0.25, 0.3) is 0 Å². The highest BCUT2D eigenvalue weighted by atomic mass is 32.2. The van der Waals surface area contributed by atoms with Gasteiger partial charge in [0.2, 0.25) is 0 Å². The van der Waals surface area contributed by atoms with Crippen molar-refractivity contribution < 1.29 is 8.42 Å². The number of rotatable bonds is 6. The van der Waals surface area contributed by atoms with Crippen LogP contribution in [0.4, 0.5) is 0 Å². The van der Waals surface area contributed by atoms with Crippen LogP contribution in [0.1, 0.15) is 37.5 Å². The number of hydrogen-bond donors (Lipinski definition) is 1. The summed E-state index contributed by atoms with van der Waals surface area (Å²) in [7, 11) is -1.20. The number of sulfone groups is 1. The summed E-state index contributed by atoms with van der Waals surface area (Å²) in [5.41, 5.74) is 5.92. The first-order valence-corrected chi connectivity index (χ1v) is 7.72. The molecule has 0 spiro atoms. The predicted molar refractivity (Wildman–Crippen MR) is 66.3 cm³/mol. The van der Waals surface area contributed by atoms with Crippen LogP contribution < -0.4 is 5.73 Å². The quantitative estimate of drug-likeness (QED) is 0.789. The Balaban J connectivity index is 2.71. The molecule has 6 nitrogen and oxygen atoms in total. The number of aromatic nitrogens is 3. The highest BCUT2D eigenvalue weighted by molar-refractivity contribution is 7.90. The summed E-state index contributed by atoms with van der Waals surface area (Å²) >= 11 is 0. The fourth-order valence-electron chi connectivity index (χ4n) is 1.57. The van der Waals surface area contributed by atoms with Crippen molar-refractivity contribution >= 4 is 9.84 Å². The highest BCUT2D eigenvalue weighted by Crippen LogP contribution is 2.12. The van der Waals surface area contributed by atoms with Crippen molar-refractivity contribution in [3.05, 3.63) is 11.6 Å². The van der Waals surface area contributed by atoms with Gasteiger partial charge in [-0.15, -0.1) is 0 Å². The maximum absolute atomic E-state index is 11.1. The molecule has 0 aliphatic rings. The van der Waals surface area contributed by atoms with Crippen LogP contribution in [0.5, 0.6) is 0 Å². The smallest absolute Gasteiger partial charge is 0.151 e. The molecule has 1 aromatic heterocycles. The Bertz CT molecular complexity index is 467. The number of nitrogens with two attached hydrogens (primary N) is 1. The van der Waals surface area contributed by atoms with Gasteiger partial charge in [-0.05, 0) is 12.8 Å². The number of hydrogen-bond acceptors (Lipinski definition) is 5. The average molecular weight is 260 g/mol. The molecule has 0 bridgehead atoms. The first-order chi connectivity index (χ1) is 7.83. The van der Waals surface area contributed by atoms with Crippen LogP contribution in [0.3, 0.4) is 0 Å². The molecule has 0 radical (unpaired) electrons. The van der Waals surface area contributed by atoms with Crippen LogP contribution in [0.15, 0.2) is 0 Å². The largest absolute Gasteiger partial charge is 0.321 e. The summed E-state index contributed by atoms with van der Waals surface area (Å²) in [6, 6.07) is -0.382. The Morgan fingerprint density at radius 1 is 1.47 bits per heavy atom. The Kier molecular flexibility index (Phi) is 4.64. The Hall–Kier alpha value is -0.950. The van der Waals surface area contributed by atoms with Gasteiger partial charge in [-0.3, -0.25) is 4.68 Å². The molecule has 1 rings (SSSR count). The molecular formula is C10H20N4O2S. The zero-order chi connectivity index (χ0) is 13.1. The lowest BCUT2D eigenvalue weighted by Gasteiger charge is -2.09. The molecule has 98 valence electrons. The fraction of sp³-hybridized carbons (Fsp3) is 0.800. The van der Waals surface area contributed by atoms with Crippen molar-refractivity contribution in [2.75, 3.05) is 12.0 Å². The molecule has 0 aliphatic carbocycles. The number of aryl methyl sites for hydroxylation is 2. The van der Waals surface area contributed by atoms with Gasteiger partial charge in [-0.2, -0.15) is 5.10 Å². The van der Waals surface area contributed by atoms with E-state index in [9.17, 15) is 8.42 Å². The van der Waals surface area contributed by atoms with E-state index in [4.69, 9.17) is 5.73 Å². The van der Waals surface area contributed by atoms with Crippen LogP contribution in [0, 0.1) is 0 Å². The first kappa shape index (κ1) is 14.1. The Labute approximate surface area is 102 Å². The Morgan fingerprint density at radius 3 is 2.65 bits per heavy atom. The first-order valence-electron chi connectivity index (χ1n) is 5.66. The molecule has 7 heteroatoms. The topological polar surface area (TPSA) is 90.9 Å². The highest BCUT2D eigenvalue weighted by Gasteiger charge is 2.16. The maximum atomic E-state index is 11.1. The van der Waals surface area contributed by atoms with Gasteiger partial charge in [0.15, 0.2) is 5.82 Å². The normalized spacial score (nSPS) is 13.9. The van der Waals surface area contributed by atoms with Gasteiger partial charge in [-0.25, -0.2) is 13.4 Å². The van der Waals surface area contributed by atoms with Crippen LogP contribution in [0.2, 0.25) is 0 Å². The van der Waals surface area contributed by atoms with E-state index in [0.29, 0.717) is 12.2 Å². The second-order valence-electron chi connectivity index (χ2n) is 4.28. The van der Waals surface area contributed by atoms with Crippen LogP contribution in [-0.2, 0) is 23.3 Å². The van der Waals surface area contributed by atoms with E-state index < -0.39 is 9.84 Å². The lowest BCUT2D eigenvalue weighted by atomic mass is 10.2. The van der Waals surface area contributed by atoms with Gasteiger partial charge in [0.25, 0.3) is 0 Å². The Morgan fingerprint density at radius 2 is 2.12 bits per heavy atom. The summed E-state index contributed by atoms with van der Waals surface area (Å²) in [5, 5.41) is 4.24. The van der Waals surface area contributed by atoms with Crippen molar-refractivity contribution in [1.29, 1.82) is 0 Å². The van der Waals surface area contributed by atoms with Crippen molar-refractivity contribution in [2.45, 2.75) is 32.2 Å². The van der Waals surface area contributed by atoms with E-state index in [1.165, 1.54) is 6.26 Å². The molecule has 1 heterocycles. The summed E-state index contributed by atoms with van der Waals surface area (Å²) in [4.78, 5) is 4.33. The molecule has 0 saturated carbocycles. The summed E-state index contributed by atoms with van der Waals surface area (Å²) in [6.45, 7) is 2.06. The van der Waals surface area contributed by atoms with E-state index in [-0.39, 0.29) is 11.8 Å². The zero-order valence-corrected chi connectivity index (χ0v) is 11.4. The maximum Gasteiger partial charge on any atom is 0.151 e. The minimum Gasteiger partial charge on any atom is -0.321 e. The minimum absolute atomic E-state index is 0.0735. The van der Waals surface area contributed by atoms with E-state index in [1.807, 2.05) is 0 Å². The van der Waals surface area contributed by atoms with Gasteiger partial charge in [0.05, 0.1) is 11.8 Å². The second-order valence-corrected chi connectivity index (χ2v) is 6.54. The molecule has 0 saturated heterocycles.